The molecule has 7 heteroatoms. The molecule has 3 aliphatic rings. The average molecular weight is 459 g/mol. The molecule has 1 fully saturated rings. The van der Waals surface area contributed by atoms with Crippen molar-refractivity contribution >= 4 is 23.7 Å². The summed E-state index contributed by atoms with van der Waals surface area (Å²) in [5, 5.41) is 6.31. The molecule has 7 nitrogen and oxygen atoms in total. The van der Waals surface area contributed by atoms with Crippen molar-refractivity contribution in [2.75, 3.05) is 19.8 Å². The zero-order valence-corrected chi connectivity index (χ0v) is 18.8. The number of benzene rings is 2. The van der Waals surface area contributed by atoms with Crippen molar-refractivity contribution in [2.24, 2.45) is 11.0 Å². The van der Waals surface area contributed by atoms with Gasteiger partial charge in [-0.25, -0.2) is 9.80 Å². The molecule has 1 amide bonds. The molecule has 2 heterocycles. The number of rotatable bonds is 5. The number of nitrogens with zero attached hydrogens (tertiary/aromatic N) is 2. The fourth-order valence-corrected chi connectivity index (χ4v) is 4.68. The lowest BCUT2D eigenvalue weighted by Gasteiger charge is -2.29. The van der Waals surface area contributed by atoms with E-state index >= 15 is 0 Å². The minimum Gasteiger partial charge on any atom is -0.493 e. The predicted molar refractivity (Wildman–Crippen MR) is 126 cm³/mol. The van der Waals surface area contributed by atoms with E-state index in [1.54, 1.807) is 0 Å². The third-order valence-electron chi connectivity index (χ3n) is 6.22. The van der Waals surface area contributed by atoms with Crippen molar-refractivity contribution in [1.82, 2.24) is 5.01 Å². The van der Waals surface area contributed by atoms with Gasteiger partial charge < -0.3 is 14.2 Å². The number of ether oxygens (including phenoxy) is 3. The quantitative estimate of drug-likeness (QED) is 0.627. The molecule has 174 valence electrons. The lowest BCUT2D eigenvalue weighted by molar-refractivity contribution is -0.153. The number of amides is 1. The average Bonchev–Trinajstić information content (AvgIpc) is 3.29. The Morgan fingerprint density at radius 1 is 1.06 bits per heavy atom. The van der Waals surface area contributed by atoms with E-state index in [1.165, 1.54) is 11.3 Å². The van der Waals surface area contributed by atoms with E-state index in [-0.39, 0.29) is 30.2 Å². The summed E-state index contributed by atoms with van der Waals surface area (Å²) in [5.41, 5.74) is 4.21. The topological polar surface area (TPSA) is 77.4 Å². The van der Waals surface area contributed by atoms with Crippen LogP contribution in [0.2, 0.25) is 0 Å². The minimum absolute atomic E-state index is 0.0341. The van der Waals surface area contributed by atoms with Crippen LogP contribution < -0.4 is 0 Å². The van der Waals surface area contributed by atoms with Gasteiger partial charge in [0.05, 0.1) is 11.8 Å². The zero-order chi connectivity index (χ0) is 23.3. The molecule has 2 unspecified atom stereocenters. The number of esters is 1. The van der Waals surface area contributed by atoms with Crippen molar-refractivity contribution in [3.63, 3.8) is 0 Å². The van der Waals surface area contributed by atoms with Crippen LogP contribution in [0.1, 0.15) is 36.4 Å². The first-order valence-corrected chi connectivity index (χ1v) is 11.5. The van der Waals surface area contributed by atoms with E-state index in [2.05, 4.69) is 18.2 Å². The summed E-state index contributed by atoms with van der Waals surface area (Å²) in [5.74, 6) is -1.05. The molecule has 0 bridgehead atoms. The summed E-state index contributed by atoms with van der Waals surface area (Å²) in [7, 11) is 0. The van der Waals surface area contributed by atoms with Crippen LogP contribution in [-0.4, -0.2) is 42.4 Å². The van der Waals surface area contributed by atoms with Gasteiger partial charge in [-0.15, -0.1) is 0 Å². The second-order valence-corrected chi connectivity index (χ2v) is 8.44. The molecule has 2 atom stereocenters. The Morgan fingerprint density at radius 2 is 1.82 bits per heavy atom. The zero-order valence-electron chi connectivity index (χ0n) is 18.8. The largest absolute Gasteiger partial charge is 0.493 e. The van der Waals surface area contributed by atoms with Crippen LogP contribution >= 0.6 is 0 Å². The van der Waals surface area contributed by atoms with Crippen LogP contribution in [-0.2, 0) is 23.8 Å². The monoisotopic (exact) mass is 458 g/mol. The van der Waals surface area contributed by atoms with Gasteiger partial charge in [-0.1, -0.05) is 60.7 Å². The van der Waals surface area contributed by atoms with Crippen molar-refractivity contribution in [1.29, 1.82) is 0 Å². The summed E-state index contributed by atoms with van der Waals surface area (Å²) < 4.78 is 15.6. The van der Waals surface area contributed by atoms with Gasteiger partial charge in [0.2, 0.25) is 5.76 Å². The highest BCUT2D eigenvalue weighted by atomic mass is 16.6. The smallest absolute Gasteiger partial charge is 0.377 e. The van der Waals surface area contributed by atoms with Crippen LogP contribution in [0.25, 0.3) is 6.08 Å². The van der Waals surface area contributed by atoms with Crippen LogP contribution in [0.15, 0.2) is 83.4 Å². The fourth-order valence-electron chi connectivity index (χ4n) is 4.68. The number of hydrazone groups is 1. The maximum Gasteiger partial charge on any atom is 0.377 e. The first-order chi connectivity index (χ1) is 16.7. The molecule has 2 aliphatic heterocycles. The molecule has 2 aromatic carbocycles. The molecule has 34 heavy (non-hydrogen) atoms. The summed E-state index contributed by atoms with van der Waals surface area (Å²) in [4.78, 5) is 25.5. The van der Waals surface area contributed by atoms with Crippen LogP contribution in [0.3, 0.4) is 0 Å². The van der Waals surface area contributed by atoms with Gasteiger partial charge >= 0.3 is 5.97 Å². The van der Waals surface area contributed by atoms with Gasteiger partial charge in [0.1, 0.15) is 19.5 Å². The van der Waals surface area contributed by atoms with Crippen LogP contribution in [0.4, 0.5) is 0 Å². The van der Waals surface area contributed by atoms with Gasteiger partial charge in [-0.05, 0) is 42.0 Å². The van der Waals surface area contributed by atoms with Crippen LogP contribution in [0.5, 0.6) is 0 Å². The Labute approximate surface area is 198 Å². The highest BCUT2D eigenvalue weighted by molar-refractivity contribution is 6.08. The number of fused-ring (bicyclic) bond motifs is 1. The molecular weight excluding hydrogens is 432 g/mol. The summed E-state index contributed by atoms with van der Waals surface area (Å²) in [6, 6.07) is 19.8. The number of carbonyl (C=O) groups excluding carboxylic acids is 2. The molecule has 2 aromatic rings. The van der Waals surface area contributed by atoms with Crippen molar-refractivity contribution in [3.8, 4) is 0 Å². The number of hydrogen-bond acceptors (Lipinski definition) is 6. The highest BCUT2D eigenvalue weighted by Crippen LogP contribution is 2.44. The van der Waals surface area contributed by atoms with Crippen molar-refractivity contribution < 1.29 is 23.8 Å². The van der Waals surface area contributed by atoms with E-state index in [4.69, 9.17) is 19.3 Å². The standard InChI is InChI=1S/C27H26N2O5/c30-24(18-34-27(31)23-17-32-14-15-33-23)29-26(20-10-5-2-6-11-20)22-13-7-12-21(25(22)28-29)16-19-8-3-1-4-9-19/h1-6,8-11,16-17,22,26H,7,12-15,18H2/b21-16+. The lowest BCUT2D eigenvalue weighted by atomic mass is 9.77. The fraction of sp³-hybridized carbons (Fsp3) is 0.296. The lowest BCUT2D eigenvalue weighted by Crippen LogP contribution is -2.34. The van der Waals surface area contributed by atoms with Gasteiger partial charge in [0, 0.05) is 5.92 Å². The molecule has 1 saturated carbocycles. The Hall–Kier alpha value is -3.87. The molecule has 0 aromatic heterocycles. The maximum atomic E-state index is 13.3. The number of carbonyl (C=O) groups is 2. The minimum atomic E-state index is -0.724. The van der Waals surface area contributed by atoms with Gasteiger partial charge in [-0.3, -0.25) is 4.79 Å². The first kappa shape index (κ1) is 21.9. The predicted octanol–water partition coefficient (Wildman–Crippen LogP) is 4.24. The molecule has 5 rings (SSSR count). The molecule has 1 aliphatic carbocycles. The highest BCUT2D eigenvalue weighted by Gasteiger charge is 2.43. The summed E-state index contributed by atoms with van der Waals surface area (Å²) in [6.45, 7) is 0.215. The van der Waals surface area contributed by atoms with Crippen molar-refractivity contribution in [3.05, 3.63) is 89.4 Å². The van der Waals surface area contributed by atoms with Crippen LogP contribution in [0, 0.1) is 5.92 Å². The normalized spacial score (nSPS) is 22.7. The molecule has 0 radical (unpaired) electrons. The summed E-state index contributed by atoms with van der Waals surface area (Å²) >= 11 is 0. The van der Waals surface area contributed by atoms with E-state index in [0.717, 1.165) is 41.7 Å². The summed E-state index contributed by atoms with van der Waals surface area (Å²) in [6.07, 6.45) is 6.25. The second kappa shape index (κ2) is 9.95. The van der Waals surface area contributed by atoms with E-state index in [1.807, 2.05) is 48.5 Å². The van der Waals surface area contributed by atoms with Gasteiger partial charge in [0.25, 0.3) is 5.91 Å². The third-order valence-corrected chi connectivity index (χ3v) is 6.22. The Balaban J connectivity index is 1.41. The third kappa shape index (κ3) is 4.59. The molecule has 0 spiro atoms. The molecular formula is C27H26N2O5. The van der Waals surface area contributed by atoms with E-state index < -0.39 is 12.6 Å². The Kier molecular flexibility index (Phi) is 6.42. The molecule has 0 saturated heterocycles. The first-order valence-electron chi connectivity index (χ1n) is 11.5. The SMILES string of the molecule is O=C(OCC(=O)N1N=C2/C(=C/c3ccccc3)CCCC2C1c1ccccc1)C1=COCCO1. The number of allylic oxidation sites excluding steroid dienone is 1. The Morgan fingerprint density at radius 3 is 2.56 bits per heavy atom. The van der Waals surface area contributed by atoms with E-state index in [9.17, 15) is 9.59 Å². The Bertz CT molecular complexity index is 1140. The number of hydrogen-bond donors (Lipinski definition) is 0. The van der Waals surface area contributed by atoms with Gasteiger partial charge in [-0.2, -0.15) is 5.10 Å². The molecule has 0 N–H and O–H groups in total. The van der Waals surface area contributed by atoms with E-state index in [0.29, 0.717) is 6.61 Å². The van der Waals surface area contributed by atoms with Crippen molar-refractivity contribution in [2.45, 2.75) is 25.3 Å². The van der Waals surface area contributed by atoms with Gasteiger partial charge in [0.15, 0.2) is 6.61 Å². The maximum absolute atomic E-state index is 13.3. The second-order valence-electron chi connectivity index (χ2n) is 8.44.